The monoisotopic (exact) mass is 347 g/mol. The van der Waals surface area contributed by atoms with Crippen molar-refractivity contribution in [2.45, 2.75) is 63.0 Å². The lowest BCUT2D eigenvalue weighted by atomic mass is 9.89. The predicted molar refractivity (Wildman–Crippen MR) is 94.3 cm³/mol. The maximum Gasteiger partial charge on any atom is 0.202 e. The molecule has 1 aliphatic heterocycles. The van der Waals surface area contributed by atoms with Crippen LogP contribution in [0.15, 0.2) is 12.3 Å². The Morgan fingerprint density at radius 2 is 2.12 bits per heavy atom. The Morgan fingerprint density at radius 3 is 2.92 bits per heavy atom. The van der Waals surface area contributed by atoms with Crippen molar-refractivity contribution < 1.29 is 4.74 Å². The average Bonchev–Trinajstić information content (AvgIpc) is 3.25. The molecule has 24 heavy (non-hydrogen) atoms. The molecule has 0 spiro atoms. The highest BCUT2D eigenvalue weighted by Crippen LogP contribution is 2.33. The molecule has 0 aromatic carbocycles. The third kappa shape index (κ3) is 3.47. The molecule has 0 bridgehead atoms. The normalized spacial score (nSPS) is 25.7. The SMILES string of the molecule is Cn1nccc1C1CC(Nc2nc(C3CCCCC3)ns2)CCO1. The largest absolute Gasteiger partial charge is 0.372 e. The van der Waals surface area contributed by atoms with Gasteiger partial charge >= 0.3 is 0 Å². The molecule has 6 nitrogen and oxygen atoms in total. The third-order valence-corrected chi connectivity index (χ3v) is 5.87. The number of aromatic nitrogens is 4. The molecule has 0 amide bonds. The highest BCUT2D eigenvalue weighted by molar-refractivity contribution is 7.09. The van der Waals surface area contributed by atoms with Crippen LogP contribution in [0.4, 0.5) is 5.13 Å². The van der Waals surface area contributed by atoms with Crippen LogP contribution < -0.4 is 5.32 Å². The fourth-order valence-corrected chi connectivity index (χ4v) is 4.55. The van der Waals surface area contributed by atoms with Gasteiger partial charge < -0.3 is 10.1 Å². The summed E-state index contributed by atoms with van der Waals surface area (Å²) in [5.74, 6) is 1.62. The summed E-state index contributed by atoms with van der Waals surface area (Å²) in [6, 6.07) is 2.42. The Morgan fingerprint density at radius 1 is 1.25 bits per heavy atom. The van der Waals surface area contributed by atoms with E-state index in [1.54, 1.807) is 0 Å². The maximum atomic E-state index is 5.94. The van der Waals surface area contributed by atoms with Crippen molar-refractivity contribution in [3.63, 3.8) is 0 Å². The molecule has 7 heteroatoms. The Labute approximate surface area is 146 Å². The number of aryl methyl sites for hydroxylation is 1. The second-order valence-corrected chi connectivity index (χ2v) is 7.65. The van der Waals surface area contributed by atoms with Gasteiger partial charge in [0.15, 0.2) is 0 Å². The van der Waals surface area contributed by atoms with Crippen molar-refractivity contribution in [1.29, 1.82) is 0 Å². The summed E-state index contributed by atoms with van der Waals surface area (Å²) in [6.45, 7) is 0.766. The molecule has 130 valence electrons. The highest BCUT2D eigenvalue weighted by Gasteiger charge is 2.27. The first-order chi connectivity index (χ1) is 11.8. The minimum atomic E-state index is 0.106. The van der Waals surface area contributed by atoms with E-state index < -0.39 is 0 Å². The number of nitrogens with one attached hydrogen (secondary N) is 1. The van der Waals surface area contributed by atoms with Crippen molar-refractivity contribution >= 4 is 16.7 Å². The first kappa shape index (κ1) is 16.0. The number of hydrogen-bond donors (Lipinski definition) is 1. The van der Waals surface area contributed by atoms with E-state index in [1.165, 1.54) is 43.6 Å². The molecule has 1 N–H and O–H groups in total. The summed E-state index contributed by atoms with van der Waals surface area (Å²) < 4.78 is 12.5. The van der Waals surface area contributed by atoms with E-state index >= 15 is 0 Å². The number of hydrogen-bond acceptors (Lipinski definition) is 6. The van der Waals surface area contributed by atoms with Gasteiger partial charge in [0.25, 0.3) is 0 Å². The van der Waals surface area contributed by atoms with Crippen molar-refractivity contribution in [2.75, 3.05) is 11.9 Å². The predicted octanol–water partition coefficient (Wildman–Crippen LogP) is 3.65. The molecule has 2 aromatic heterocycles. The highest BCUT2D eigenvalue weighted by atomic mass is 32.1. The summed E-state index contributed by atoms with van der Waals surface area (Å²) in [5.41, 5.74) is 1.14. The van der Waals surface area contributed by atoms with Gasteiger partial charge in [0.2, 0.25) is 5.13 Å². The molecule has 4 rings (SSSR count). The molecule has 3 heterocycles. The van der Waals surface area contributed by atoms with Gasteiger partial charge in [0.1, 0.15) is 11.9 Å². The van der Waals surface area contributed by atoms with Gasteiger partial charge in [-0.2, -0.15) is 9.47 Å². The molecule has 1 saturated carbocycles. The fourth-order valence-electron chi connectivity index (χ4n) is 3.83. The second-order valence-electron chi connectivity index (χ2n) is 6.90. The van der Waals surface area contributed by atoms with Crippen LogP contribution in [0.5, 0.6) is 0 Å². The summed E-state index contributed by atoms with van der Waals surface area (Å²) in [4.78, 5) is 4.77. The summed E-state index contributed by atoms with van der Waals surface area (Å²) >= 11 is 1.51. The smallest absolute Gasteiger partial charge is 0.202 e. The zero-order chi connectivity index (χ0) is 16.4. The van der Waals surface area contributed by atoms with Crippen molar-refractivity contribution in [3.05, 3.63) is 23.8 Å². The van der Waals surface area contributed by atoms with E-state index in [9.17, 15) is 0 Å². The molecular formula is C17H25N5OS. The molecule has 0 radical (unpaired) electrons. The first-order valence-electron chi connectivity index (χ1n) is 8.99. The van der Waals surface area contributed by atoms with Gasteiger partial charge in [-0.15, -0.1) is 0 Å². The van der Waals surface area contributed by atoms with Crippen molar-refractivity contribution in [2.24, 2.45) is 7.05 Å². The first-order valence-corrected chi connectivity index (χ1v) is 9.76. The van der Waals surface area contributed by atoms with Crippen molar-refractivity contribution in [3.8, 4) is 0 Å². The van der Waals surface area contributed by atoms with E-state index in [-0.39, 0.29) is 6.10 Å². The third-order valence-electron chi connectivity index (χ3n) is 5.21. The number of nitrogens with zero attached hydrogens (tertiary/aromatic N) is 4. The standard InChI is InChI=1S/C17H25N5OS/c1-22-14(7-9-18-22)15-11-13(8-10-23-15)19-17-20-16(21-24-17)12-5-3-2-4-6-12/h7,9,12-13,15H,2-6,8,10-11H2,1H3,(H,19,20,21). The van der Waals surface area contributed by atoms with E-state index in [0.717, 1.165) is 36.1 Å². The molecule has 2 aliphatic rings. The maximum absolute atomic E-state index is 5.94. The van der Waals surface area contributed by atoms with Crippen LogP contribution in [0.2, 0.25) is 0 Å². The van der Waals surface area contributed by atoms with Gasteiger partial charge in [0.05, 0.1) is 5.69 Å². The van der Waals surface area contributed by atoms with Crippen LogP contribution in [-0.4, -0.2) is 31.8 Å². The van der Waals surface area contributed by atoms with Crippen molar-refractivity contribution in [1.82, 2.24) is 19.1 Å². The van der Waals surface area contributed by atoms with Crippen LogP contribution in [0.25, 0.3) is 0 Å². The van der Waals surface area contributed by atoms with E-state index in [1.807, 2.05) is 24.0 Å². The van der Waals surface area contributed by atoms with Gasteiger partial charge in [-0.05, 0) is 31.7 Å². The van der Waals surface area contributed by atoms with Crippen LogP contribution >= 0.6 is 11.5 Å². The number of rotatable bonds is 4. The van der Waals surface area contributed by atoms with Gasteiger partial charge in [-0.25, -0.2) is 4.98 Å². The lowest BCUT2D eigenvalue weighted by Crippen LogP contribution is -2.30. The number of ether oxygens (including phenoxy) is 1. The van der Waals surface area contributed by atoms with Crippen LogP contribution in [0.1, 0.15) is 68.5 Å². The molecule has 2 fully saturated rings. The average molecular weight is 347 g/mol. The molecule has 1 aliphatic carbocycles. The molecule has 2 atom stereocenters. The summed E-state index contributed by atoms with van der Waals surface area (Å²) in [7, 11) is 1.97. The zero-order valence-electron chi connectivity index (χ0n) is 14.1. The summed E-state index contributed by atoms with van der Waals surface area (Å²) in [6.07, 6.45) is 10.4. The van der Waals surface area contributed by atoms with E-state index in [2.05, 4.69) is 14.8 Å². The minimum Gasteiger partial charge on any atom is -0.372 e. The zero-order valence-corrected chi connectivity index (χ0v) is 15.0. The fraction of sp³-hybridized carbons (Fsp3) is 0.706. The molecule has 1 saturated heterocycles. The lowest BCUT2D eigenvalue weighted by Gasteiger charge is -2.30. The Kier molecular flexibility index (Phi) is 4.80. The van der Waals surface area contributed by atoms with Crippen LogP contribution in [0.3, 0.4) is 0 Å². The molecular weight excluding hydrogens is 322 g/mol. The minimum absolute atomic E-state index is 0.106. The molecule has 2 aromatic rings. The topological polar surface area (TPSA) is 64.9 Å². The van der Waals surface area contributed by atoms with E-state index in [0.29, 0.717) is 12.0 Å². The lowest BCUT2D eigenvalue weighted by molar-refractivity contribution is 0.00503. The van der Waals surface area contributed by atoms with Gasteiger partial charge in [0, 0.05) is 43.3 Å². The number of anilines is 1. The summed E-state index contributed by atoms with van der Waals surface area (Å²) in [5, 5.41) is 8.80. The van der Waals surface area contributed by atoms with E-state index in [4.69, 9.17) is 9.72 Å². The molecule has 2 unspecified atom stereocenters. The van der Waals surface area contributed by atoms with Crippen LogP contribution in [-0.2, 0) is 11.8 Å². The second kappa shape index (κ2) is 7.19. The van der Waals surface area contributed by atoms with Gasteiger partial charge in [-0.1, -0.05) is 19.3 Å². The van der Waals surface area contributed by atoms with Gasteiger partial charge in [-0.3, -0.25) is 4.68 Å². The van der Waals surface area contributed by atoms with Crippen LogP contribution in [0, 0.1) is 0 Å². The Bertz CT molecular complexity index is 663. The Hall–Kier alpha value is -1.47. The Balaban J connectivity index is 1.38. The quantitative estimate of drug-likeness (QED) is 0.914.